The van der Waals surface area contributed by atoms with E-state index in [1.165, 1.54) is 22.1 Å². The average Bonchev–Trinajstić information content (AvgIpc) is 2.57. The summed E-state index contributed by atoms with van der Waals surface area (Å²) in [6, 6.07) is 15.3. The molecule has 2 aromatic rings. The summed E-state index contributed by atoms with van der Waals surface area (Å²) in [6.07, 6.45) is 3.28. The molecule has 0 amide bonds. The first-order valence-electron chi connectivity index (χ1n) is 7.69. The van der Waals surface area contributed by atoms with Crippen LogP contribution in [-0.4, -0.2) is 31.6 Å². The number of nitrogens with zero attached hydrogens (tertiary/aromatic N) is 1. The Bertz CT molecular complexity index is 625. The van der Waals surface area contributed by atoms with Gasteiger partial charge in [0.2, 0.25) is 0 Å². The molecule has 1 atom stereocenters. The van der Waals surface area contributed by atoms with E-state index in [2.05, 4.69) is 71.3 Å². The molecule has 0 radical (unpaired) electrons. The monoisotopic (exact) mass is 315 g/mol. The van der Waals surface area contributed by atoms with Crippen LogP contribution in [0.4, 0.5) is 0 Å². The SMILES string of the molecule is CN=C(NCCCSC)NC(C)c1ccc2ccccc2c1. The van der Waals surface area contributed by atoms with Crippen molar-refractivity contribution in [1.82, 2.24) is 10.6 Å². The zero-order chi connectivity index (χ0) is 15.8. The lowest BCUT2D eigenvalue weighted by Gasteiger charge is -2.18. The van der Waals surface area contributed by atoms with Crippen molar-refractivity contribution in [2.45, 2.75) is 19.4 Å². The maximum absolute atomic E-state index is 4.30. The molecular weight excluding hydrogens is 290 g/mol. The van der Waals surface area contributed by atoms with Crippen molar-refractivity contribution < 1.29 is 0 Å². The van der Waals surface area contributed by atoms with Gasteiger partial charge in [0.1, 0.15) is 0 Å². The zero-order valence-electron chi connectivity index (χ0n) is 13.6. The molecule has 2 aromatic carbocycles. The van der Waals surface area contributed by atoms with E-state index in [0.717, 1.165) is 18.9 Å². The van der Waals surface area contributed by atoms with E-state index in [9.17, 15) is 0 Å². The van der Waals surface area contributed by atoms with Gasteiger partial charge in [-0.25, -0.2) is 0 Å². The number of benzene rings is 2. The van der Waals surface area contributed by atoms with Crippen molar-refractivity contribution in [3.05, 3.63) is 48.0 Å². The van der Waals surface area contributed by atoms with Crippen LogP contribution in [0.3, 0.4) is 0 Å². The molecule has 0 aliphatic heterocycles. The first-order chi connectivity index (χ1) is 10.7. The van der Waals surface area contributed by atoms with Crippen LogP contribution >= 0.6 is 11.8 Å². The van der Waals surface area contributed by atoms with Gasteiger partial charge >= 0.3 is 0 Å². The van der Waals surface area contributed by atoms with Gasteiger partial charge in [-0.05, 0) is 47.8 Å². The van der Waals surface area contributed by atoms with E-state index in [-0.39, 0.29) is 6.04 Å². The quantitative estimate of drug-likeness (QED) is 0.483. The number of nitrogens with one attached hydrogen (secondary N) is 2. The molecule has 0 aliphatic rings. The molecule has 0 aliphatic carbocycles. The summed E-state index contributed by atoms with van der Waals surface area (Å²) in [5, 5.41) is 9.37. The number of fused-ring (bicyclic) bond motifs is 1. The number of hydrogen-bond acceptors (Lipinski definition) is 2. The predicted molar refractivity (Wildman–Crippen MR) is 99.9 cm³/mol. The van der Waals surface area contributed by atoms with Crippen LogP contribution in [0.25, 0.3) is 10.8 Å². The van der Waals surface area contributed by atoms with E-state index >= 15 is 0 Å². The van der Waals surface area contributed by atoms with E-state index in [1.807, 2.05) is 18.8 Å². The van der Waals surface area contributed by atoms with Gasteiger partial charge in [-0.15, -0.1) is 0 Å². The highest BCUT2D eigenvalue weighted by Crippen LogP contribution is 2.20. The number of guanidine groups is 1. The number of thioether (sulfide) groups is 1. The Morgan fingerprint density at radius 1 is 1.18 bits per heavy atom. The Labute approximate surface area is 137 Å². The molecule has 0 aromatic heterocycles. The van der Waals surface area contributed by atoms with Gasteiger partial charge in [-0.1, -0.05) is 36.4 Å². The largest absolute Gasteiger partial charge is 0.356 e. The third kappa shape index (κ3) is 4.67. The van der Waals surface area contributed by atoms with Crippen LogP contribution in [-0.2, 0) is 0 Å². The first kappa shape index (κ1) is 16.7. The van der Waals surface area contributed by atoms with Crippen molar-refractivity contribution in [2.24, 2.45) is 4.99 Å². The molecule has 4 heteroatoms. The van der Waals surface area contributed by atoms with E-state index in [0.29, 0.717) is 0 Å². The third-order valence-electron chi connectivity index (χ3n) is 3.67. The lowest BCUT2D eigenvalue weighted by atomic mass is 10.0. The van der Waals surface area contributed by atoms with Gasteiger partial charge in [-0.3, -0.25) is 4.99 Å². The predicted octanol–water partition coefficient (Wildman–Crippen LogP) is 3.82. The van der Waals surface area contributed by atoms with Crippen molar-refractivity contribution >= 4 is 28.5 Å². The number of hydrogen-bond donors (Lipinski definition) is 2. The molecule has 0 heterocycles. The summed E-state index contributed by atoms with van der Waals surface area (Å²) >= 11 is 1.87. The van der Waals surface area contributed by atoms with Crippen molar-refractivity contribution in [3.8, 4) is 0 Å². The second-order valence-electron chi connectivity index (χ2n) is 5.32. The van der Waals surface area contributed by atoms with Gasteiger partial charge in [-0.2, -0.15) is 11.8 Å². The fourth-order valence-corrected chi connectivity index (χ4v) is 2.82. The molecule has 0 saturated heterocycles. The van der Waals surface area contributed by atoms with Crippen LogP contribution in [0.2, 0.25) is 0 Å². The summed E-state index contributed by atoms with van der Waals surface area (Å²) < 4.78 is 0. The van der Waals surface area contributed by atoms with Crippen LogP contribution in [0.15, 0.2) is 47.5 Å². The molecule has 0 bridgehead atoms. The Morgan fingerprint density at radius 3 is 2.68 bits per heavy atom. The third-order valence-corrected chi connectivity index (χ3v) is 4.36. The number of rotatable bonds is 6. The lowest BCUT2D eigenvalue weighted by molar-refractivity contribution is 0.683. The fourth-order valence-electron chi connectivity index (χ4n) is 2.38. The van der Waals surface area contributed by atoms with Gasteiger partial charge in [0.25, 0.3) is 0 Å². The molecule has 2 N–H and O–H groups in total. The average molecular weight is 315 g/mol. The van der Waals surface area contributed by atoms with Crippen LogP contribution in [0, 0.1) is 0 Å². The Hall–Kier alpha value is -1.68. The normalized spacial score (nSPS) is 13.1. The fraction of sp³-hybridized carbons (Fsp3) is 0.389. The lowest BCUT2D eigenvalue weighted by Crippen LogP contribution is -2.39. The summed E-state index contributed by atoms with van der Waals surface area (Å²) in [5.74, 6) is 2.03. The highest BCUT2D eigenvalue weighted by molar-refractivity contribution is 7.98. The first-order valence-corrected chi connectivity index (χ1v) is 9.09. The molecule has 0 spiro atoms. The minimum atomic E-state index is 0.219. The van der Waals surface area contributed by atoms with E-state index < -0.39 is 0 Å². The van der Waals surface area contributed by atoms with Gasteiger partial charge in [0, 0.05) is 13.6 Å². The maximum Gasteiger partial charge on any atom is 0.191 e. The zero-order valence-corrected chi connectivity index (χ0v) is 14.4. The minimum absolute atomic E-state index is 0.219. The molecule has 118 valence electrons. The molecule has 22 heavy (non-hydrogen) atoms. The molecular formula is C18H25N3S. The van der Waals surface area contributed by atoms with Crippen LogP contribution in [0.1, 0.15) is 24.9 Å². The smallest absolute Gasteiger partial charge is 0.191 e. The Kier molecular flexibility index (Phi) is 6.59. The van der Waals surface area contributed by atoms with Gasteiger partial charge in [0.05, 0.1) is 6.04 Å². The van der Waals surface area contributed by atoms with Crippen molar-refractivity contribution in [3.63, 3.8) is 0 Å². The van der Waals surface area contributed by atoms with Gasteiger partial charge in [0.15, 0.2) is 5.96 Å². The van der Waals surface area contributed by atoms with E-state index in [4.69, 9.17) is 0 Å². The molecule has 0 fully saturated rings. The Balaban J connectivity index is 1.98. The van der Waals surface area contributed by atoms with Crippen molar-refractivity contribution in [1.29, 1.82) is 0 Å². The highest BCUT2D eigenvalue weighted by atomic mass is 32.2. The standard InChI is InChI=1S/C18H25N3S/c1-14(21-18(19-2)20-11-6-12-22-3)16-10-9-15-7-4-5-8-17(15)13-16/h4-5,7-10,13-14H,6,11-12H2,1-3H3,(H2,19,20,21). The van der Waals surface area contributed by atoms with Gasteiger partial charge < -0.3 is 10.6 Å². The molecule has 0 saturated carbocycles. The Morgan fingerprint density at radius 2 is 1.95 bits per heavy atom. The molecule has 3 nitrogen and oxygen atoms in total. The second kappa shape index (κ2) is 8.69. The topological polar surface area (TPSA) is 36.4 Å². The number of aliphatic imine (C=N–C) groups is 1. The van der Waals surface area contributed by atoms with Crippen molar-refractivity contribution in [2.75, 3.05) is 25.6 Å². The molecule has 1 unspecified atom stereocenters. The highest BCUT2D eigenvalue weighted by Gasteiger charge is 2.08. The summed E-state index contributed by atoms with van der Waals surface area (Å²) in [7, 11) is 1.82. The minimum Gasteiger partial charge on any atom is -0.356 e. The van der Waals surface area contributed by atoms with Crippen LogP contribution < -0.4 is 10.6 Å². The summed E-state index contributed by atoms with van der Waals surface area (Å²) in [4.78, 5) is 4.30. The molecule has 2 rings (SSSR count). The summed E-state index contributed by atoms with van der Waals surface area (Å²) in [6.45, 7) is 3.11. The van der Waals surface area contributed by atoms with Crippen LogP contribution in [0.5, 0.6) is 0 Å². The second-order valence-corrected chi connectivity index (χ2v) is 6.30. The maximum atomic E-state index is 4.30. The summed E-state index contributed by atoms with van der Waals surface area (Å²) in [5.41, 5.74) is 1.27. The van der Waals surface area contributed by atoms with E-state index in [1.54, 1.807) is 0 Å².